The Morgan fingerprint density at radius 1 is 1.17 bits per heavy atom. The number of aromatic nitrogens is 1. The number of hydrogen-bond donors (Lipinski definition) is 1. The Labute approximate surface area is 171 Å². The van der Waals surface area contributed by atoms with Crippen LogP contribution < -0.4 is 14.8 Å². The number of likely N-dealkylation sites (tertiary alicyclic amines) is 1. The van der Waals surface area contributed by atoms with Gasteiger partial charge in [0.1, 0.15) is 6.61 Å². The van der Waals surface area contributed by atoms with Crippen LogP contribution in [0.3, 0.4) is 0 Å². The van der Waals surface area contributed by atoms with Crippen LogP contribution in [0.5, 0.6) is 11.5 Å². The Hall–Kier alpha value is -3.09. The second kappa shape index (κ2) is 9.91. The first-order chi connectivity index (χ1) is 14.1. The van der Waals surface area contributed by atoms with Gasteiger partial charge >= 0.3 is 0 Å². The smallest absolute Gasteiger partial charge is 0.251 e. The van der Waals surface area contributed by atoms with E-state index < -0.39 is 0 Å². The maximum Gasteiger partial charge on any atom is 0.251 e. The number of nitrogens with one attached hydrogen (secondary N) is 1. The molecule has 1 aromatic heterocycles. The molecule has 3 rings (SSSR count). The Bertz CT molecular complexity index is 833. The fraction of sp³-hybridized carbons (Fsp3) is 0.409. The van der Waals surface area contributed by atoms with Gasteiger partial charge in [0.2, 0.25) is 5.91 Å². The summed E-state index contributed by atoms with van der Waals surface area (Å²) >= 11 is 0. The lowest BCUT2D eigenvalue weighted by molar-refractivity contribution is -0.129. The summed E-state index contributed by atoms with van der Waals surface area (Å²) in [6.45, 7) is 5.65. The zero-order valence-corrected chi connectivity index (χ0v) is 16.9. The molecule has 0 unspecified atom stereocenters. The van der Waals surface area contributed by atoms with E-state index in [9.17, 15) is 9.59 Å². The highest BCUT2D eigenvalue weighted by atomic mass is 16.5. The van der Waals surface area contributed by atoms with Gasteiger partial charge in [-0.15, -0.1) is 0 Å². The van der Waals surface area contributed by atoms with Crippen molar-refractivity contribution in [2.24, 2.45) is 0 Å². The van der Waals surface area contributed by atoms with Crippen molar-refractivity contribution in [3.8, 4) is 11.5 Å². The molecule has 29 heavy (non-hydrogen) atoms. The van der Waals surface area contributed by atoms with Gasteiger partial charge in [-0.2, -0.15) is 0 Å². The van der Waals surface area contributed by atoms with Crippen molar-refractivity contribution in [3.05, 3.63) is 53.9 Å². The van der Waals surface area contributed by atoms with E-state index in [2.05, 4.69) is 10.3 Å². The van der Waals surface area contributed by atoms with Gasteiger partial charge in [0, 0.05) is 49.6 Å². The largest absolute Gasteiger partial charge is 0.490 e. The van der Waals surface area contributed by atoms with Gasteiger partial charge in [0.05, 0.1) is 6.61 Å². The fourth-order valence-electron chi connectivity index (χ4n) is 3.29. The minimum atomic E-state index is -0.147. The first-order valence-corrected chi connectivity index (χ1v) is 9.91. The summed E-state index contributed by atoms with van der Waals surface area (Å²) in [4.78, 5) is 30.0. The highest BCUT2D eigenvalue weighted by Gasteiger charge is 2.22. The number of rotatable bonds is 7. The Kier molecular flexibility index (Phi) is 7.05. The Morgan fingerprint density at radius 3 is 2.62 bits per heavy atom. The van der Waals surface area contributed by atoms with Crippen LogP contribution >= 0.6 is 0 Å². The quantitative estimate of drug-likeness (QED) is 0.777. The van der Waals surface area contributed by atoms with Crippen molar-refractivity contribution in [3.63, 3.8) is 0 Å². The van der Waals surface area contributed by atoms with Gasteiger partial charge in [0.25, 0.3) is 5.91 Å². The minimum absolute atomic E-state index is 0.0650. The predicted molar refractivity (Wildman–Crippen MR) is 109 cm³/mol. The topological polar surface area (TPSA) is 80.8 Å². The molecule has 1 aliphatic rings. The summed E-state index contributed by atoms with van der Waals surface area (Å²) < 4.78 is 11.5. The molecule has 2 amide bonds. The monoisotopic (exact) mass is 397 g/mol. The van der Waals surface area contributed by atoms with Crippen LogP contribution in [-0.2, 0) is 11.4 Å². The summed E-state index contributed by atoms with van der Waals surface area (Å²) in [5.41, 5.74) is 1.48. The average Bonchev–Trinajstić information content (AvgIpc) is 2.74. The molecule has 0 saturated carbocycles. The van der Waals surface area contributed by atoms with Crippen molar-refractivity contribution in [1.29, 1.82) is 0 Å². The van der Waals surface area contributed by atoms with E-state index >= 15 is 0 Å². The normalized spacial score (nSPS) is 14.3. The molecule has 1 fully saturated rings. The maximum absolute atomic E-state index is 12.7. The van der Waals surface area contributed by atoms with Gasteiger partial charge in [0.15, 0.2) is 11.5 Å². The number of pyridine rings is 1. The van der Waals surface area contributed by atoms with Crippen molar-refractivity contribution < 1.29 is 19.1 Å². The van der Waals surface area contributed by atoms with Crippen LogP contribution in [0.15, 0.2) is 42.7 Å². The number of ether oxygens (including phenoxy) is 2. The van der Waals surface area contributed by atoms with Crippen LogP contribution in [0.2, 0.25) is 0 Å². The second-order valence-corrected chi connectivity index (χ2v) is 7.00. The average molecular weight is 397 g/mol. The molecule has 7 heteroatoms. The molecule has 0 atom stereocenters. The molecule has 1 aliphatic heterocycles. The molecule has 2 aromatic rings. The van der Waals surface area contributed by atoms with E-state index in [-0.39, 0.29) is 17.9 Å². The van der Waals surface area contributed by atoms with Gasteiger partial charge in [-0.3, -0.25) is 14.6 Å². The molecule has 1 saturated heterocycles. The standard InChI is InChI=1S/C22H27N3O4/c1-3-28-21-13-18(6-7-20(21)29-15-17-5-4-10-23-14-17)22(27)24-19-8-11-25(12-9-19)16(2)26/h4-7,10,13-14,19H,3,8-9,11-12,15H2,1-2H3,(H,24,27). The van der Waals surface area contributed by atoms with Gasteiger partial charge in [-0.25, -0.2) is 0 Å². The molecule has 1 aromatic carbocycles. The van der Waals surface area contributed by atoms with E-state index in [4.69, 9.17) is 9.47 Å². The Morgan fingerprint density at radius 2 is 1.97 bits per heavy atom. The van der Waals surface area contributed by atoms with Crippen molar-refractivity contribution in [2.75, 3.05) is 19.7 Å². The van der Waals surface area contributed by atoms with Crippen LogP contribution in [0.1, 0.15) is 42.6 Å². The predicted octanol–water partition coefficient (Wildman–Crippen LogP) is 2.80. The molecule has 0 spiro atoms. The molecule has 154 valence electrons. The SMILES string of the molecule is CCOc1cc(C(=O)NC2CCN(C(C)=O)CC2)ccc1OCc1cccnc1. The van der Waals surface area contributed by atoms with E-state index in [1.807, 2.05) is 24.0 Å². The van der Waals surface area contributed by atoms with Crippen molar-refractivity contribution >= 4 is 11.8 Å². The van der Waals surface area contributed by atoms with Gasteiger partial charge < -0.3 is 19.7 Å². The number of hydrogen-bond acceptors (Lipinski definition) is 5. The third-order valence-corrected chi connectivity index (χ3v) is 4.90. The van der Waals surface area contributed by atoms with E-state index in [1.165, 1.54) is 0 Å². The lowest BCUT2D eigenvalue weighted by Gasteiger charge is -2.31. The summed E-state index contributed by atoms with van der Waals surface area (Å²) in [5.74, 6) is 1.06. The summed E-state index contributed by atoms with van der Waals surface area (Å²) in [6, 6.07) is 9.07. The maximum atomic E-state index is 12.7. The second-order valence-electron chi connectivity index (χ2n) is 7.00. The van der Waals surface area contributed by atoms with Crippen LogP contribution in [0.25, 0.3) is 0 Å². The van der Waals surface area contributed by atoms with Crippen molar-refractivity contribution in [1.82, 2.24) is 15.2 Å². The number of piperidine rings is 1. The highest BCUT2D eigenvalue weighted by molar-refractivity contribution is 5.95. The number of nitrogens with zero attached hydrogens (tertiary/aromatic N) is 2. The first kappa shape index (κ1) is 20.6. The van der Waals surface area contributed by atoms with Crippen LogP contribution in [-0.4, -0.2) is 47.4 Å². The van der Waals surface area contributed by atoms with E-state index in [0.717, 1.165) is 18.4 Å². The number of amides is 2. The zero-order chi connectivity index (χ0) is 20.6. The first-order valence-electron chi connectivity index (χ1n) is 9.91. The number of carbonyl (C=O) groups is 2. The highest BCUT2D eigenvalue weighted by Crippen LogP contribution is 2.29. The van der Waals surface area contributed by atoms with Crippen LogP contribution in [0.4, 0.5) is 0 Å². The molecule has 0 radical (unpaired) electrons. The lowest BCUT2D eigenvalue weighted by Crippen LogP contribution is -2.46. The molecule has 0 aliphatic carbocycles. The molecule has 1 N–H and O–H groups in total. The minimum Gasteiger partial charge on any atom is -0.490 e. The zero-order valence-electron chi connectivity index (χ0n) is 16.9. The summed E-state index contributed by atoms with van der Waals surface area (Å²) in [5, 5.41) is 3.06. The summed E-state index contributed by atoms with van der Waals surface area (Å²) in [7, 11) is 0. The van der Waals surface area contributed by atoms with Crippen LogP contribution in [0, 0.1) is 0 Å². The third kappa shape index (κ3) is 5.70. The summed E-state index contributed by atoms with van der Waals surface area (Å²) in [6.07, 6.45) is 4.98. The molecular formula is C22H27N3O4. The van der Waals surface area contributed by atoms with Crippen molar-refractivity contribution in [2.45, 2.75) is 39.3 Å². The molecule has 2 heterocycles. The molecule has 7 nitrogen and oxygen atoms in total. The van der Waals surface area contributed by atoms with Gasteiger partial charge in [-0.05, 0) is 44.0 Å². The van der Waals surface area contributed by atoms with E-state index in [1.54, 1.807) is 37.5 Å². The molecular weight excluding hydrogens is 370 g/mol. The Balaban J connectivity index is 1.62. The number of benzene rings is 1. The fourth-order valence-corrected chi connectivity index (χ4v) is 3.29. The van der Waals surface area contributed by atoms with E-state index in [0.29, 0.717) is 43.4 Å². The molecule has 0 bridgehead atoms. The lowest BCUT2D eigenvalue weighted by atomic mass is 10.0. The van der Waals surface area contributed by atoms with Gasteiger partial charge in [-0.1, -0.05) is 6.07 Å². The third-order valence-electron chi connectivity index (χ3n) is 4.90. The number of carbonyl (C=O) groups excluding carboxylic acids is 2.